The zero-order valence-corrected chi connectivity index (χ0v) is 11.7. The van der Waals surface area contributed by atoms with E-state index in [9.17, 15) is 0 Å². The lowest BCUT2D eigenvalue weighted by molar-refractivity contribution is 0.672. The maximum Gasteiger partial charge on any atom is 0.143 e. The molecule has 0 N–H and O–H groups in total. The van der Waals surface area contributed by atoms with Gasteiger partial charge in [-0.1, -0.05) is 43.3 Å². The Morgan fingerprint density at radius 3 is 2.50 bits per heavy atom. The van der Waals surface area contributed by atoms with Gasteiger partial charge in [0.2, 0.25) is 0 Å². The van der Waals surface area contributed by atoms with Crippen LogP contribution in [0.5, 0.6) is 0 Å². The summed E-state index contributed by atoms with van der Waals surface area (Å²) in [5.74, 6) is 0. The van der Waals surface area contributed by atoms with Crippen LogP contribution >= 0.6 is 0 Å². The van der Waals surface area contributed by atoms with E-state index >= 15 is 0 Å². The van der Waals surface area contributed by atoms with E-state index in [1.54, 1.807) is 0 Å². The zero-order valence-electron chi connectivity index (χ0n) is 11.7. The summed E-state index contributed by atoms with van der Waals surface area (Å²) in [5, 5.41) is 4.87. The molecule has 1 aromatic heterocycles. The average Bonchev–Trinajstić information content (AvgIpc) is 2.84. The second-order valence-corrected chi connectivity index (χ2v) is 5.45. The van der Waals surface area contributed by atoms with Gasteiger partial charge < -0.3 is 4.42 Å². The van der Waals surface area contributed by atoms with Crippen molar-refractivity contribution >= 4 is 32.7 Å². The Morgan fingerprint density at radius 2 is 1.65 bits per heavy atom. The van der Waals surface area contributed by atoms with Crippen molar-refractivity contribution < 1.29 is 4.42 Å². The lowest BCUT2D eigenvalue weighted by Crippen LogP contribution is -1.80. The molecular weight excluding hydrogens is 244 g/mol. The van der Waals surface area contributed by atoms with Crippen LogP contribution in [0.3, 0.4) is 0 Å². The predicted octanol–water partition coefficient (Wildman–Crippen LogP) is 5.61. The van der Waals surface area contributed by atoms with E-state index < -0.39 is 0 Å². The molecule has 4 rings (SSSR count). The van der Waals surface area contributed by atoms with Gasteiger partial charge in [0.25, 0.3) is 0 Å². The molecule has 4 aromatic rings. The largest absolute Gasteiger partial charge is 0.455 e. The molecule has 98 valence electrons. The van der Waals surface area contributed by atoms with E-state index in [4.69, 9.17) is 4.42 Å². The molecule has 0 aliphatic carbocycles. The Hall–Kier alpha value is -2.28. The molecule has 0 spiro atoms. The Labute approximate surface area is 117 Å². The fourth-order valence-electron chi connectivity index (χ4n) is 2.94. The fourth-order valence-corrected chi connectivity index (χ4v) is 2.94. The van der Waals surface area contributed by atoms with Gasteiger partial charge in [0, 0.05) is 16.2 Å². The highest BCUT2D eigenvalue weighted by Gasteiger charge is 2.10. The molecule has 0 radical (unpaired) electrons. The highest BCUT2D eigenvalue weighted by molar-refractivity contribution is 6.15. The minimum Gasteiger partial charge on any atom is -0.455 e. The molecule has 0 saturated carbocycles. The molecular formula is C19H16O. The third-order valence-electron chi connectivity index (χ3n) is 4.08. The number of fused-ring (bicyclic) bond motifs is 5. The van der Waals surface area contributed by atoms with Gasteiger partial charge in [-0.15, -0.1) is 0 Å². The highest BCUT2D eigenvalue weighted by atomic mass is 16.3. The standard InChI is InChI=1S/C19H16O/c1-3-13-5-8-15-14(11-13)6-9-17-16-7-4-12(2)10-18(16)20-19(15)17/h4-11H,3H2,1-2H3. The molecule has 0 saturated heterocycles. The van der Waals surface area contributed by atoms with E-state index in [1.165, 1.54) is 32.7 Å². The van der Waals surface area contributed by atoms with Crippen LogP contribution in [0.25, 0.3) is 32.7 Å². The number of aryl methyl sites for hydroxylation is 2. The summed E-state index contributed by atoms with van der Waals surface area (Å²) in [6.07, 6.45) is 1.06. The van der Waals surface area contributed by atoms with Crippen LogP contribution in [-0.4, -0.2) is 0 Å². The van der Waals surface area contributed by atoms with E-state index in [2.05, 4.69) is 62.4 Å². The van der Waals surface area contributed by atoms with Crippen molar-refractivity contribution in [3.05, 3.63) is 59.7 Å². The van der Waals surface area contributed by atoms with Crippen LogP contribution in [-0.2, 0) is 6.42 Å². The van der Waals surface area contributed by atoms with Gasteiger partial charge in [-0.2, -0.15) is 0 Å². The van der Waals surface area contributed by atoms with Gasteiger partial charge in [0.15, 0.2) is 0 Å². The zero-order chi connectivity index (χ0) is 13.7. The quantitative estimate of drug-likeness (QED) is 0.433. The van der Waals surface area contributed by atoms with Crippen LogP contribution in [0.4, 0.5) is 0 Å². The summed E-state index contributed by atoms with van der Waals surface area (Å²) in [7, 11) is 0. The summed E-state index contributed by atoms with van der Waals surface area (Å²) < 4.78 is 6.12. The van der Waals surface area contributed by atoms with E-state index in [0.717, 1.165) is 17.6 Å². The fraction of sp³-hybridized carbons (Fsp3) is 0.158. The van der Waals surface area contributed by atoms with Crippen LogP contribution in [0.15, 0.2) is 52.9 Å². The number of hydrogen-bond acceptors (Lipinski definition) is 1. The Bertz CT molecular complexity index is 944. The van der Waals surface area contributed by atoms with Gasteiger partial charge in [-0.25, -0.2) is 0 Å². The topological polar surface area (TPSA) is 13.1 Å². The molecule has 0 bridgehead atoms. The Morgan fingerprint density at radius 1 is 0.850 bits per heavy atom. The van der Waals surface area contributed by atoms with Gasteiger partial charge in [-0.3, -0.25) is 0 Å². The minimum atomic E-state index is 0.979. The molecule has 20 heavy (non-hydrogen) atoms. The van der Waals surface area contributed by atoms with Crippen molar-refractivity contribution in [2.24, 2.45) is 0 Å². The lowest BCUT2D eigenvalue weighted by Gasteiger charge is -2.01. The van der Waals surface area contributed by atoms with Crippen LogP contribution in [0.1, 0.15) is 18.1 Å². The van der Waals surface area contributed by atoms with Crippen molar-refractivity contribution in [1.82, 2.24) is 0 Å². The molecule has 0 amide bonds. The molecule has 0 aliphatic heterocycles. The number of furan rings is 1. The monoisotopic (exact) mass is 260 g/mol. The highest BCUT2D eigenvalue weighted by Crippen LogP contribution is 2.34. The first-order valence-corrected chi connectivity index (χ1v) is 7.11. The van der Waals surface area contributed by atoms with Crippen molar-refractivity contribution in [2.75, 3.05) is 0 Å². The summed E-state index contributed by atoms with van der Waals surface area (Å²) >= 11 is 0. The maximum atomic E-state index is 6.12. The second-order valence-electron chi connectivity index (χ2n) is 5.45. The second kappa shape index (κ2) is 4.11. The minimum absolute atomic E-state index is 0.979. The smallest absolute Gasteiger partial charge is 0.143 e. The maximum absolute atomic E-state index is 6.12. The van der Waals surface area contributed by atoms with Gasteiger partial charge in [0.1, 0.15) is 11.2 Å². The molecule has 0 aliphatic rings. The first-order chi connectivity index (χ1) is 9.76. The first kappa shape index (κ1) is 11.5. The van der Waals surface area contributed by atoms with Crippen molar-refractivity contribution in [2.45, 2.75) is 20.3 Å². The molecule has 3 aromatic carbocycles. The number of hydrogen-bond donors (Lipinski definition) is 0. The summed E-state index contributed by atoms with van der Waals surface area (Å²) in [4.78, 5) is 0. The van der Waals surface area contributed by atoms with Crippen LogP contribution < -0.4 is 0 Å². The third kappa shape index (κ3) is 1.56. The molecule has 1 heterocycles. The predicted molar refractivity (Wildman–Crippen MR) is 85.3 cm³/mol. The number of rotatable bonds is 1. The summed E-state index contributed by atoms with van der Waals surface area (Å²) in [5.41, 5.74) is 4.58. The molecule has 1 heteroatoms. The van der Waals surface area contributed by atoms with E-state index in [-0.39, 0.29) is 0 Å². The average molecular weight is 260 g/mol. The lowest BCUT2D eigenvalue weighted by atomic mass is 10.0. The van der Waals surface area contributed by atoms with Crippen molar-refractivity contribution in [3.63, 3.8) is 0 Å². The Kier molecular flexibility index (Phi) is 2.37. The number of benzene rings is 3. The van der Waals surface area contributed by atoms with Gasteiger partial charge in [0.05, 0.1) is 0 Å². The van der Waals surface area contributed by atoms with Gasteiger partial charge >= 0.3 is 0 Å². The van der Waals surface area contributed by atoms with E-state index in [1.807, 2.05) is 0 Å². The molecule has 0 unspecified atom stereocenters. The van der Waals surface area contributed by atoms with Crippen LogP contribution in [0, 0.1) is 6.92 Å². The third-order valence-corrected chi connectivity index (χ3v) is 4.08. The summed E-state index contributed by atoms with van der Waals surface area (Å²) in [6, 6.07) is 17.4. The van der Waals surface area contributed by atoms with Gasteiger partial charge in [-0.05, 0) is 42.0 Å². The van der Waals surface area contributed by atoms with Crippen molar-refractivity contribution in [3.8, 4) is 0 Å². The van der Waals surface area contributed by atoms with E-state index in [0.29, 0.717) is 0 Å². The van der Waals surface area contributed by atoms with Crippen LogP contribution in [0.2, 0.25) is 0 Å². The molecule has 0 fully saturated rings. The normalized spacial score (nSPS) is 11.7. The molecule has 1 nitrogen and oxygen atoms in total. The first-order valence-electron chi connectivity index (χ1n) is 7.11. The SMILES string of the molecule is CCc1ccc2c(ccc3c4ccc(C)cc4oc23)c1. The summed E-state index contributed by atoms with van der Waals surface area (Å²) in [6.45, 7) is 4.28. The molecule has 0 atom stereocenters. The Balaban J connectivity index is 2.16. The van der Waals surface area contributed by atoms with Crippen molar-refractivity contribution in [1.29, 1.82) is 0 Å².